The van der Waals surface area contributed by atoms with Gasteiger partial charge in [-0.1, -0.05) is 0 Å². The minimum absolute atomic E-state index is 0.268. The maximum Gasteiger partial charge on any atom is 0.338 e. The van der Waals surface area contributed by atoms with Gasteiger partial charge in [0.05, 0.1) is 7.11 Å². The molecule has 0 aromatic heterocycles. The first-order chi connectivity index (χ1) is 6.56. The molecule has 2 rings (SSSR count). The molecule has 0 unspecified atom stereocenters. The minimum Gasteiger partial charge on any atom is -0.467 e. The van der Waals surface area contributed by atoms with E-state index in [2.05, 4.69) is 4.74 Å². The quantitative estimate of drug-likeness (QED) is 0.546. The van der Waals surface area contributed by atoms with E-state index in [0.29, 0.717) is 0 Å². The van der Waals surface area contributed by atoms with Crippen LogP contribution in [0.5, 0.6) is 0 Å². The van der Waals surface area contributed by atoms with Crippen LogP contribution in [-0.4, -0.2) is 36.9 Å². The molecule has 2 aliphatic heterocycles. The summed E-state index contributed by atoms with van der Waals surface area (Å²) in [4.78, 5) is 22.6. The average molecular weight is 198 g/mol. The van der Waals surface area contributed by atoms with Crippen LogP contribution >= 0.6 is 0 Å². The molecular formula is C9H10O5. The van der Waals surface area contributed by atoms with E-state index < -0.39 is 24.0 Å². The Morgan fingerprint density at radius 2 is 2.29 bits per heavy atom. The third-order valence-corrected chi connectivity index (χ3v) is 2.26. The average Bonchev–Trinajstić information content (AvgIpc) is 2.47. The van der Waals surface area contributed by atoms with Crippen molar-refractivity contribution in [2.24, 2.45) is 0 Å². The normalized spacial score (nSPS) is 40.0. The maximum absolute atomic E-state index is 11.3. The fraction of sp³-hybridized carbons (Fsp3) is 0.556. The van der Waals surface area contributed by atoms with E-state index in [0.717, 1.165) is 0 Å². The number of ether oxygens (including phenoxy) is 3. The second kappa shape index (κ2) is 2.90. The number of carbonyl (C=O) groups is 2. The van der Waals surface area contributed by atoms with Crippen LogP contribution in [0.15, 0.2) is 12.2 Å². The summed E-state index contributed by atoms with van der Waals surface area (Å²) >= 11 is 0. The molecule has 1 saturated heterocycles. The molecule has 1 fully saturated rings. The third kappa shape index (κ3) is 1.25. The first kappa shape index (κ1) is 9.36. The van der Waals surface area contributed by atoms with Crippen LogP contribution in [0.25, 0.3) is 0 Å². The molecule has 0 aromatic carbocycles. The van der Waals surface area contributed by atoms with E-state index in [1.807, 2.05) is 0 Å². The zero-order chi connectivity index (χ0) is 10.3. The lowest BCUT2D eigenvalue weighted by atomic mass is 10.1. The van der Waals surface area contributed by atoms with Crippen molar-refractivity contribution in [3.8, 4) is 0 Å². The number of rotatable bonds is 1. The summed E-state index contributed by atoms with van der Waals surface area (Å²) < 4.78 is 15.1. The molecule has 76 valence electrons. The number of esters is 1. The van der Waals surface area contributed by atoms with Gasteiger partial charge in [0, 0.05) is 0 Å². The largest absolute Gasteiger partial charge is 0.467 e. The van der Waals surface area contributed by atoms with Crippen molar-refractivity contribution >= 4 is 11.8 Å². The van der Waals surface area contributed by atoms with Crippen LogP contribution in [0.3, 0.4) is 0 Å². The number of ketones is 1. The van der Waals surface area contributed by atoms with E-state index in [-0.39, 0.29) is 5.78 Å². The molecule has 0 N–H and O–H groups in total. The topological polar surface area (TPSA) is 61.8 Å². The first-order valence-corrected chi connectivity index (χ1v) is 4.22. The molecule has 2 aliphatic rings. The molecule has 0 radical (unpaired) electrons. The lowest BCUT2D eigenvalue weighted by Gasteiger charge is -2.20. The van der Waals surface area contributed by atoms with Crippen molar-refractivity contribution in [2.75, 3.05) is 7.11 Å². The van der Waals surface area contributed by atoms with Crippen molar-refractivity contribution in [2.45, 2.75) is 24.9 Å². The summed E-state index contributed by atoms with van der Waals surface area (Å²) in [6, 6.07) is 0. The Hall–Kier alpha value is -1.20. The van der Waals surface area contributed by atoms with Gasteiger partial charge in [0.2, 0.25) is 0 Å². The van der Waals surface area contributed by atoms with Crippen LogP contribution < -0.4 is 0 Å². The lowest BCUT2D eigenvalue weighted by Crippen LogP contribution is -2.37. The first-order valence-electron chi connectivity index (χ1n) is 4.22. The third-order valence-electron chi connectivity index (χ3n) is 2.26. The Kier molecular flexibility index (Phi) is 1.94. The highest BCUT2D eigenvalue weighted by Crippen LogP contribution is 2.34. The van der Waals surface area contributed by atoms with E-state index >= 15 is 0 Å². The Morgan fingerprint density at radius 3 is 2.93 bits per heavy atom. The second-order valence-corrected chi connectivity index (χ2v) is 3.35. The SMILES string of the molecule is COC(=O)[C@H]1O[C@]2(C)C=CC(=O)[C@H]1O2. The van der Waals surface area contributed by atoms with Crippen molar-refractivity contribution < 1.29 is 23.8 Å². The highest BCUT2D eigenvalue weighted by molar-refractivity contribution is 5.99. The molecule has 3 atom stereocenters. The standard InChI is InChI=1S/C9H10O5/c1-9-4-3-5(10)6(13-9)7(14-9)8(11)12-2/h3-4,6-7H,1-2H3/t6-,7+,9-/m1/s1. The summed E-state index contributed by atoms with van der Waals surface area (Å²) in [5.74, 6) is -1.83. The van der Waals surface area contributed by atoms with Crippen LogP contribution in [-0.2, 0) is 23.8 Å². The zero-order valence-electron chi connectivity index (χ0n) is 7.85. The fourth-order valence-electron chi connectivity index (χ4n) is 1.56. The highest BCUT2D eigenvalue weighted by atomic mass is 16.8. The molecule has 5 nitrogen and oxygen atoms in total. The van der Waals surface area contributed by atoms with Crippen molar-refractivity contribution in [3.05, 3.63) is 12.2 Å². The van der Waals surface area contributed by atoms with Crippen LogP contribution in [0.2, 0.25) is 0 Å². The van der Waals surface area contributed by atoms with E-state index in [1.165, 1.54) is 19.3 Å². The number of carbonyl (C=O) groups excluding carboxylic acids is 2. The molecule has 14 heavy (non-hydrogen) atoms. The van der Waals surface area contributed by atoms with Crippen molar-refractivity contribution in [3.63, 3.8) is 0 Å². The molecule has 2 bridgehead atoms. The van der Waals surface area contributed by atoms with Gasteiger partial charge in [-0.3, -0.25) is 4.79 Å². The summed E-state index contributed by atoms with van der Waals surface area (Å²) in [5.41, 5.74) is 0. The molecule has 0 spiro atoms. The summed E-state index contributed by atoms with van der Waals surface area (Å²) in [5, 5.41) is 0. The summed E-state index contributed by atoms with van der Waals surface area (Å²) in [6.07, 6.45) is 1.05. The monoisotopic (exact) mass is 198 g/mol. The fourth-order valence-corrected chi connectivity index (χ4v) is 1.56. The molecular weight excluding hydrogens is 188 g/mol. The highest BCUT2D eigenvalue weighted by Gasteiger charge is 2.52. The molecule has 0 aliphatic carbocycles. The number of methoxy groups -OCH3 is 1. The molecule has 5 heteroatoms. The number of hydrogen-bond acceptors (Lipinski definition) is 5. The van der Waals surface area contributed by atoms with E-state index in [1.54, 1.807) is 6.92 Å². The number of fused-ring (bicyclic) bond motifs is 2. The Bertz CT molecular complexity index is 321. The predicted molar refractivity (Wildman–Crippen MR) is 44.3 cm³/mol. The lowest BCUT2D eigenvalue weighted by molar-refractivity contribution is -0.161. The zero-order valence-corrected chi connectivity index (χ0v) is 7.85. The van der Waals surface area contributed by atoms with Gasteiger partial charge in [-0.15, -0.1) is 0 Å². The van der Waals surface area contributed by atoms with Gasteiger partial charge in [0.1, 0.15) is 0 Å². The Morgan fingerprint density at radius 1 is 1.57 bits per heavy atom. The van der Waals surface area contributed by atoms with Gasteiger partial charge < -0.3 is 14.2 Å². The minimum atomic E-state index is -0.975. The smallest absolute Gasteiger partial charge is 0.338 e. The van der Waals surface area contributed by atoms with Gasteiger partial charge in [-0.25, -0.2) is 4.79 Å². The van der Waals surface area contributed by atoms with E-state index in [9.17, 15) is 9.59 Å². The number of hydrogen-bond donors (Lipinski definition) is 0. The Balaban J connectivity index is 2.27. The summed E-state index contributed by atoms with van der Waals surface area (Å²) in [6.45, 7) is 1.64. The van der Waals surface area contributed by atoms with Crippen LogP contribution in [0.1, 0.15) is 6.92 Å². The van der Waals surface area contributed by atoms with Gasteiger partial charge in [-0.05, 0) is 19.1 Å². The Labute approximate surface area is 80.6 Å². The molecule has 2 heterocycles. The molecule has 0 amide bonds. The van der Waals surface area contributed by atoms with E-state index in [4.69, 9.17) is 9.47 Å². The predicted octanol–water partition coefficient (Wildman–Crippen LogP) is -0.202. The van der Waals surface area contributed by atoms with Crippen molar-refractivity contribution in [1.82, 2.24) is 0 Å². The maximum atomic E-state index is 11.3. The second-order valence-electron chi connectivity index (χ2n) is 3.35. The van der Waals surface area contributed by atoms with Gasteiger partial charge >= 0.3 is 5.97 Å². The van der Waals surface area contributed by atoms with Crippen LogP contribution in [0.4, 0.5) is 0 Å². The summed E-state index contributed by atoms with van der Waals surface area (Å²) in [7, 11) is 1.24. The van der Waals surface area contributed by atoms with Crippen LogP contribution in [0, 0.1) is 0 Å². The van der Waals surface area contributed by atoms with Gasteiger partial charge in [0.25, 0.3) is 0 Å². The molecule has 0 saturated carbocycles. The van der Waals surface area contributed by atoms with Gasteiger partial charge in [0.15, 0.2) is 23.8 Å². The molecule has 0 aromatic rings. The van der Waals surface area contributed by atoms with Gasteiger partial charge in [-0.2, -0.15) is 0 Å². The van der Waals surface area contributed by atoms with Crippen molar-refractivity contribution in [1.29, 1.82) is 0 Å².